The topological polar surface area (TPSA) is 129 Å². The van der Waals surface area contributed by atoms with E-state index in [4.69, 9.17) is 34.8 Å². The minimum Gasteiger partial charge on any atom is -0.258 e. The van der Waals surface area contributed by atoms with Gasteiger partial charge in [0.25, 0.3) is 17.1 Å². The molecule has 1 aliphatic carbocycles. The van der Waals surface area contributed by atoms with Gasteiger partial charge in [-0.1, -0.05) is 74.3 Å². The molecule has 0 atom stereocenters. The summed E-state index contributed by atoms with van der Waals surface area (Å²) in [7, 11) is 0. The van der Waals surface area contributed by atoms with E-state index in [9.17, 15) is 30.3 Å². The van der Waals surface area contributed by atoms with Gasteiger partial charge in [0.1, 0.15) is 0 Å². The molecule has 0 heterocycles. The van der Waals surface area contributed by atoms with E-state index in [1.54, 1.807) is 53.5 Å². The summed E-state index contributed by atoms with van der Waals surface area (Å²) in [6.45, 7) is 4.13. The van der Waals surface area contributed by atoms with Crippen LogP contribution in [0, 0.1) is 30.3 Å². The smallest absolute Gasteiger partial charge is 0.258 e. The molecule has 3 aromatic carbocycles. The fourth-order valence-corrected chi connectivity index (χ4v) is 7.90. The average molecular weight is 735 g/mol. The summed E-state index contributed by atoms with van der Waals surface area (Å²) >= 11 is 22.8. The van der Waals surface area contributed by atoms with Crippen molar-refractivity contribution in [2.45, 2.75) is 78.7 Å². The molecule has 0 aromatic heterocycles. The molecule has 0 N–H and O–H groups in total. The van der Waals surface area contributed by atoms with Gasteiger partial charge in [-0.05, 0) is 49.0 Å². The number of rotatable bonds is 11. The van der Waals surface area contributed by atoms with Crippen molar-refractivity contribution < 1.29 is 14.8 Å². The van der Waals surface area contributed by atoms with E-state index in [2.05, 4.69) is 6.92 Å². The number of unbranched alkanes of at least 4 members (excludes halogenated alkanes) is 1. The van der Waals surface area contributed by atoms with Crippen LogP contribution in [0.15, 0.2) is 69.3 Å². The molecule has 0 spiro atoms. The monoisotopic (exact) mass is 733 g/mol. The number of nitro benzene ring substituents is 3. The van der Waals surface area contributed by atoms with Crippen molar-refractivity contribution in [3.8, 4) is 0 Å². The SMILES string of the molecule is CCCCSc1ccc([N+](=O)[O-])cc1Cl.CCSc1ccc([N+](=O)[O-])cc1Cl.O=[N+]([O-])c1ccc(SC2CCCCC2)c(Cl)c1. The lowest BCUT2D eigenvalue weighted by molar-refractivity contribution is -0.385. The van der Waals surface area contributed by atoms with Gasteiger partial charge >= 0.3 is 0 Å². The number of nitrogens with zero attached hydrogens (tertiary/aromatic N) is 3. The first-order chi connectivity index (χ1) is 21.5. The highest BCUT2D eigenvalue weighted by Crippen LogP contribution is 2.38. The largest absolute Gasteiger partial charge is 0.270 e. The van der Waals surface area contributed by atoms with E-state index in [0.29, 0.717) is 20.3 Å². The van der Waals surface area contributed by atoms with Gasteiger partial charge in [-0.25, -0.2) is 0 Å². The minimum atomic E-state index is -0.452. The van der Waals surface area contributed by atoms with Crippen molar-refractivity contribution in [1.29, 1.82) is 0 Å². The van der Waals surface area contributed by atoms with Gasteiger partial charge in [0.05, 0.1) is 29.8 Å². The molecule has 0 unspecified atom stereocenters. The van der Waals surface area contributed by atoms with Crippen LogP contribution in [0.25, 0.3) is 0 Å². The van der Waals surface area contributed by atoms with Crippen LogP contribution >= 0.6 is 70.1 Å². The van der Waals surface area contributed by atoms with Crippen LogP contribution < -0.4 is 0 Å². The summed E-state index contributed by atoms with van der Waals surface area (Å²) < 4.78 is 0. The maximum absolute atomic E-state index is 10.6. The van der Waals surface area contributed by atoms with Gasteiger partial charge in [0.15, 0.2) is 0 Å². The number of non-ortho nitro benzene ring substituents is 3. The molecular weight excluding hydrogens is 701 g/mol. The third-order valence-electron chi connectivity index (χ3n) is 6.28. The van der Waals surface area contributed by atoms with Crippen molar-refractivity contribution in [2.75, 3.05) is 11.5 Å². The van der Waals surface area contributed by atoms with Crippen LogP contribution in [-0.4, -0.2) is 31.5 Å². The highest BCUT2D eigenvalue weighted by Gasteiger charge is 2.17. The molecule has 15 heteroatoms. The van der Waals surface area contributed by atoms with Crippen LogP contribution in [0.1, 0.15) is 58.8 Å². The Kier molecular flexibility index (Phi) is 18.0. The predicted octanol–water partition coefficient (Wildman–Crippen LogP) is 12.2. The third kappa shape index (κ3) is 14.0. The first-order valence-electron chi connectivity index (χ1n) is 14.2. The maximum atomic E-state index is 10.6. The number of hydrogen-bond acceptors (Lipinski definition) is 9. The number of hydrogen-bond donors (Lipinski definition) is 0. The fourth-order valence-electron chi connectivity index (χ4n) is 3.98. The normalized spacial score (nSPS) is 12.7. The van der Waals surface area contributed by atoms with Crippen molar-refractivity contribution >= 4 is 87.2 Å². The Labute approximate surface area is 290 Å². The first-order valence-corrected chi connectivity index (χ1v) is 18.2. The molecule has 1 aliphatic rings. The summed E-state index contributed by atoms with van der Waals surface area (Å²) in [5, 5.41) is 33.4. The Balaban J connectivity index is 0.000000238. The van der Waals surface area contributed by atoms with E-state index in [1.807, 2.05) is 6.92 Å². The van der Waals surface area contributed by atoms with Crippen LogP contribution in [0.3, 0.4) is 0 Å². The quantitative estimate of drug-likeness (QED) is 0.0817. The minimum absolute atomic E-state index is 0.0328. The second kappa shape index (κ2) is 20.8. The molecule has 9 nitrogen and oxygen atoms in total. The number of thioether (sulfide) groups is 3. The average Bonchev–Trinajstić information content (AvgIpc) is 3.01. The van der Waals surface area contributed by atoms with Crippen LogP contribution in [0.2, 0.25) is 15.1 Å². The standard InChI is InChI=1S/C12H14ClNO2S.C10H12ClNO2S.C8H8ClNO2S/c13-11-8-9(14(15)16)6-7-12(11)17-10-4-2-1-3-5-10;1-2-3-6-15-10-5-4-8(12(13)14)7-9(10)11;1-2-13-8-4-3-6(10(11)12)5-7(8)9/h6-8,10H,1-5H2;4-5,7H,2-3,6H2,1H3;3-5H,2H2,1H3. The van der Waals surface area contributed by atoms with Crippen molar-refractivity contribution in [3.05, 3.63) is 100 Å². The lowest BCUT2D eigenvalue weighted by Gasteiger charge is -2.21. The Morgan fingerprint density at radius 3 is 1.47 bits per heavy atom. The molecule has 3 aromatic rings. The molecule has 244 valence electrons. The summed E-state index contributed by atoms with van der Waals surface area (Å²) in [6.07, 6.45) is 8.58. The van der Waals surface area contributed by atoms with E-state index in [0.717, 1.165) is 39.0 Å². The molecule has 0 bridgehead atoms. The van der Waals surface area contributed by atoms with Gasteiger partial charge < -0.3 is 0 Å². The predicted molar refractivity (Wildman–Crippen MR) is 189 cm³/mol. The Bertz CT molecular complexity index is 1450. The molecule has 0 aliphatic heterocycles. The second-order valence-electron chi connectivity index (χ2n) is 9.63. The van der Waals surface area contributed by atoms with Crippen LogP contribution in [0.4, 0.5) is 17.1 Å². The van der Waals surface area contributed by atoms with Gasteiger partial charge in [0, 0.05) is 56.3 Å². The lowest BCUT2D eigenvalue weighted by atomic mass is 10.0. The van der Waals surface area contributed by atoms with Gasteiger partial charge in [-0.2, -0.15) is 0 Å². The van der Waals surface area contributed by atoms with E-state index in [1.165, 1.54) is 68.5 Å². The maximum Gasteiger partial charge on any atom is 0.270 e. The Morgan fingerprint density at radius 2 is 1.09 bits per heavy atom. The zero-order valence-corrected chi connectivity index (χ0v) is 29.5. The molecule has 0 saturated heterocycles. The summed E-state index contributed by atoms with van der Waals surface area (Å²) in [6, 6.07) is 13.8. The van der Waals surface area contributed by atoms with E-state index >= 15 is 0 Å². The molecule has 1 saturated carbocycles. The molecule has 0 amide bonds. The van der Waals surface area contributed by atoms with Crippen molar-refractivity contribution in [1.82, 2.24) is 0 Å². The fraction of sp³-hybridized carbons (Fsp3) is 0.400. The number of benzene rings is 3. The number of halogens is 3. The van der Waals surface area contributed by atoms with Crippen molar-refractivity contribution in [3.63, 3.8) is 0 Å². The van der Waals surface area contributed by atoms with Gasteiger partial charge in [-0.15, -0.1) is 35.3 Å². The van der Waals surface area contributed by atoms with E-state index < -0.39 is 14.8 Å². The summed E-state index contributed by atoms with van der Waals surface area (Å²) in [5.41, 5.74) is 0.133. The Hall–Kier alpha value is -2.22. The number of nitro groups is 3. The first kappa shape index (κ1) is 39.0. The van der Waals surface area contributed by atoms with Gasteiger partial charge in [-0.3, -0.25) is 30.3 Å². The van der Waals surface area contributed by atoms with Crippen molar-refractivity contribution in [2.24, 2.45) is 0 Å². The summed E-state index contributed by atoms with van der Waals surface area (Å²) in [4.78, 5) is 32.9. The van der Waals surface area contributed by atoms with Gasteiger partial charge in [0.2, 0.25) is 0 Å². The molecular formula is C30H34Cl3N3O6S3. The highest BCUT2D eigenvalue weighted by molar-refractivity contribution is 8.00. The molecule has 45 heavy (non-hydrogen) atoms. The molecule has 4 rings (SSSR count). The van der Waals surface area contributed by atoms with Crippen LogP contribution in [-0.2, 0) is 0 Å². The van der Waals surface area contributed by atoms with Crippen LogP contribution in [0.5, 0.6) is 0 Å². The molecule has 1 fully saturated rings. The summed E-state index contributed by atoms with van der Waals surface area (Å²) in [5.74, 6) is 1.89. The second-order valence-corrected chi connectivity index (χ2v) is 14.6. The zero-order chi connectivity index (χ0) is 33.4. The molecule has 0 radical (unpaired) electrons. The Morgan fingerprint density at radius 1 is 0.667 bits per heavy atom. The zero-order valence-electron chi connectivity index (χ0n) is 24.8. The lowest BCUT2D eigenvalue weighted by Crippen LogP contribution is -2.07. The highest BCUT2D eigenvalue weighted by atomic mass is 35.5. The van der Waals surface area contributed by atoms with E-state index in [-0.39, 0.29) is 17.1 Å². The third-order valence-corrected chi connectivity index (χ3v) is 11.1.